The van der Waals surface area contributed by atoms with Gasteiger partial charge in [0.25, 0.3) is 0 Å². The maximum Gasteiger partial charge on any atom is 0.138 e. The Labute approximate surface area is 114 Å². The first-order chi connectivity index (χ1) is 9.83. The molecule has 0 atom stereocenters. The minimum Gasteiger partial charge on any atom is -0.459 e. The topological polar surface area (TPSA) is 62.1 Å². The van der Waals surface area contributed by atoms with Crippen LogP contribution in [0.5, 0.6) is 0 Å². The minimum atomic E-state index is -0.0886. The highest BCUT2D eigenvalue weighted by molar-refractivity contribution is 5.85. The number of nitrogens with one attached hydrogen (secondary N) is 1. The molecule has 4 heteroatoms. The predicted octanol–water partition coefficient (Wildman–Crippen LogP) is 3.47. The Hall–Kier alpha value is -2.59. The van der Waals surface area contributed by atoms with Crippen molar-refractivity contribution in [3.63, 3.8) is 0 Å². The lowest BCUT2D eigenvalue weighted by atomic mass is 10.1. The van der Waals surface area contributed by atoms with Crippen LogP contribution >= 0.6 is 0 Å². The maximum absolute atomic E-state index is 9.11. The van der Waals surface area contributed by atoms with Crippen LogP contribution in [0.3, 0.4) is 0 Å². The summed E-state index contributed by atoms with van der Waals surface area (Å²) in [5, 5.41) is 10.1. The smallest absolute Gasteiger partial charge is 0.138 e. The number of aromatic amines is 1. The summed E-state index contributed by atoms with van der Waals surface area (Å²) in [7, 11) is 0. The number of hydrogen-bond acceptors (Lipinski definition) is 3. The van der Waals surface area contributed by atoms with Gasteiger partial charge in [-0.1, -0.05) is 12.1 Å². The van der Waals surface area contributed by atoms with Crippen molar-refractivity contribution in [3.8, 4) is 11.4 Å². The summed E-state index contributed by atoms with van der Waals surface area (Å²) in [6.07, 6.45) is 0. The first kappa shape index (κ1) is 11.3. The average molecular weight is 264 g/mol. The van der Waals surface area contributed by atoms with E-state index in [2.05, 4.69) is 9.97 Å². The van der Waals surface area contributed by atoms with Crippen LogP contribution in [0, 0.1) is 0 Å². The zero-order valence-corrected chi connectivity index (χ0v) is 10.6. The van der Waals surface area contributed by atoms with Crippen LogP contribution in [0.1, 0.15) is 5.76 Å². The highest BCUT2D eigenvalue weighted by Crippen LogP contribution is 2.26. The second kappa shape index (κ2) is 4.21. The number of H-pyrrole nitrogens is 1. The molecule has 0 saturated carbocycles. The van der Waals surface area contributed by atoms with E-state index in [0.29, 0.717) is 5.76 Å². The molecule has 0 amide bonds. The number of aliphatic hydroxyl groups excluding tert-OH is 1. The van der Waals surface area contributed by atoms with Gasteiger partial charge in [0.05, 0.1) is 11.0 Å². The molecule has 0 spiro atoms. The molecule has 0 bridgehead atoms. The van der Waals surface area contributed by atoms with E-state index in [4.69, 9.17) is 9.52 Å². The number of fused-ring (bicyclic) bond motifs is 2. The third-order valence-electron chi connectivity index (χ3n) is 3.39. The molecule has 2 aromatic carbocycles. The fourth-order valence-electron chi connectivity index (χ4n) is 2.41. The van der Waals surface area contributed by atoms with Crippen molar-refractivity contribution in [1.29, 1.82) is 0 Å². The number of rotatable bonds is 2. The van der Waals surface area contributed by atoms with Crippen molar-refractivity contribution >= 4 is 22.0 Å². The summed E-state index contributed by atoms with van der Waals surface area (Å²) in [4.78, 5) is 7.89. The molecule has 2 N–H and O–H groups in total. The van der Waals surface area contributed by atoms with Crippen molar-refractivity contribution in [2.75, 3.05) is 0 Å². The lowest BCUT2D eigenvalue weighted by Gasteiger charge is -1.96. The summed E-state index contributed by atoms with van der Waals surface area (Å²) in [6, 6.07) is 15.7. The van der Waals surface area contributed by atoms with Gasteiger partial charge in [-0.2, -0.15) is 0 Å². The van der Waals surface area contributed by atoms with E-state index < -0.39 is 0 Å². The summed E-state index contributed by atoms with van der Waals surface area (Å²) >= 11 is 0. The van der Waals surface area contributed by atoms with E-state index in [0.717, 1.165) is 33.4 Å². The van der Waals surface area contributed by atoms with Gasteiger partial charge in [0, 0.05) is 10.9 Å². The van der Waals surface area contributed by atoms with Crippen molar-refractivity contribution < 1.29 is 9.52 Å². The van der Waals surface area contributed by atoms with Gasteiger partial charge < -0.3 is 14.5 Å². The van der Waals surface area contributed by atoms with Crippen LogP contribution in [0.4, 0.5) is 0 Å². The van der Waals surface area contributed by atoms with Gasteiger partial charge in [-0.05, 0) is 36.4 Å². The molecule has 0 radical (unpaired) electrons. The third-order valence-corrected chi connectivity index (χ3v) is 3.39. The average Bonchev–Trinajstić information content (AvgIpc) is 3.09. The van der Waals surface area contributed by atoms with E-state index in [-0.39, 0.29) is 6.61 Å². The van der Waals surface area contributed by atoms with E-state index in [1.54, 1.807) is 0 Å². The number of para-hydroxylation sites is 2. The fourth-order valence-corrected chi connectivity index (χ4v) is 2.41. The standard InChI is InChI=1S/C16H12N2O2/c19-9-12-8-11-7-10(5-6-15(11)20-12)16-17-13-3-1-2-4-14(13)18-16/h1-8,19H,9H2,(H,17,18). The maximum atomic E-state index is 9.11. The largest absolute Gasteiger partial charge is 0.459 e. The Kier molecular flexibility index (Phi) is 2.37. The van der Waals surface area contributed by atoms with Crippen molar-refractivity contribution in [1.82, 2.24) is 9.97 Å². The second-order valence-corrected chi connectivity index (χ2v) is 4.73. The molecule has 4 rings (SSSR count). The molecule has 20 heavy (non-hydrogen) atoms. The van der Waals surface area contributed by atoms with Gasteiger partial charge in [-0.3, -0.25) is 0 Å². The number of benzene rings is 2. The SMILES string of the molecule is OCc1cc2cc(-c3nc4ccccc4[nH]3)ccc2o1. The predicted molar refractivity (Wildman–Crippen MR) is 77.2 cm³/mol. The zero-order chi connectivity index (χ0) is 13.5. The van der Waals surface area contributed by atoms with Gasteiger partial charge in [-0.15, -0.1) is 0 Å². The molecule has 2 aromatic heterocycles. The van der Waals surface area contributed by atoms with Gasteiger partial charge in [0.1, 0.15) is 23.8 Å². The third kappa shape index (κ3) is 1.70. The normalized spacial score (nSPS) is 11.4. The van der Waals surface area contributed by atoms with Crippen LogP contribution in [0.15, 0.2) is 52.9 Å². The summed E-state index contributed by atoms with van der Waals surface area (Å²) < 4.78 is 5.49. The minimum absolute atomic E-state index is 0.0886. The van der Waals surface area contributed by atoms with E-state index in [1.807, 2.05) is 48.5 Å². The molecule has 4 aromatic rings. The number of aromatic nitrogens is 2. The van der Waals surface area contributed by atoms with E-state index in [9.17, 15) is 0 Å². The molecule has 0 aliphatic rings. The van der Waals surface area contributed by atoms with Crippen molar-refractivity contribution in [2.24, 2.45) is 0 Å². The summed E-state index contributed by atoms with van der Waals surface area (Å²) in [5.74, 6) is 1.40. The number of hydrogen-bond donors (Lipinski definition) is 2. The Balaban J connectivity index is 1.88. The molecule has 0 aliphatic heterocycles. The Morgan fingerprint density at radius 2 is 2.00 bits per heavy atom. The van der Waals surface area contributed by atoms with Crippen molar-refractivity contribution in [2.45, 2.75) is 6.61 Å². The Morgan fingerprint density at radius 1 is 1.10 bits per heavy atom. The van der Waals surface area contributed by atoms with Crippen LogP contribution in [0.2, 0.25) is 0 Å². The van der Waals surface area contributed by atoms with Gasteiger partial charge >= 0.3 is 0 Å². The summed E-state index contributed by atoms with van der Waals surface area (Å²) in [5.41, 5.74) is 3.74. The molecule has 0 saturated heterocycles. The lowest BCUT2D eigenvalue weighted by Crippen LogP contribution is -1.79. The molecular weight excluding hydrogens is 252 g/mol. The van der Waals surface area contributed by atoms with Gasteiger partial charge in [-0.25, -0.2) is 4.98 Å². The molecule has 98 valence electrons. The number of furan rings is 1. The quantitative estimate of drug-likeness (QED) is 0.582. The van der Waals surface area contributed by atoms with Gasteiger partial charge in [0.2, 0.25) is 0 Å². The van der Waals surface area contributed by atoms with Gasteiger partial charge in [0.15, 0.2) is 0 Å². The zero-order valence-electron chi connectivity index (χ0n) is 10.6. The van der Waals surface area contributed by atoms with E-state index >= 15 is 0 Å². The summed E-state index contributed by atoms with van der Waals surface area (Å²) in [6.45, 7) is -0.0886. The first-order valence-electron chi connectivity index (χ1n) is 6.42. The highest BCUT2D eigenvalue weighted by Gasteiger charge is 2.08. The monoisotopic (exact) mass is 264 g/mol. The Bertz CT molecular complexity index is 872. The number of imidazole rings is 1. The molecular formula is C16H12N2O2. The Morgan fingerprint density at radius 3 is 2.85 bits per heavy atom. The van der Waals surface area contributed by atoms with Crippen LogP contribution < -0.4 is 0 Å². The second-order valence-electron chi connectivity index (χ2n) is 4.73. The number of nitrogens with zero attached hydrogens (tertiary/aromatic N) is 1. The highest BCUT2D eigenvalue weighted by atomic mass is 16.4. The fraction of sp³-hybridized carbons (Fsp3) is 0.0625. The van der Waals surface area contributed by atoms with Crippen molar-refractivity contribution in [3.05, 3.63) is 54.3 Å². The molecule has 0 fully saturated rings. The van der Waals surface area contributed by atoms with Crippen LogP contribution in [0.25, 0.3) is 33.4 Å². The molecule has 0 unspecified atom stereocenters. The first-order valence-corrected chi connectivity index (χ1v) is 6.42. The number of aliphatic hydroxyl groups is 1. The molecule has 0 aliphatic carbocycles. The molecule has 2 heterocycles. The van der Waals surface area contributed by atoms with Crippen LogP contribution in [-0.4, -0.2) is 15.1 Å². The van der Waals surface area contributed by atoms with Crippen LogP contribution in [-0.2, 0) is 6.61 Å². The lowest BCUT2D eigenvalue weighted by molar-refractivity contribution is 0.251. The van der Waals surface area contributed by atoms with E-state index in [1.165, 1.54) is 0 Å². The molecule has 4 nitrogen and oxygen atoms in total.